The molecule has 6 nitrogen and oxygen atoms in total. The summed E-state index contributed by atoms with van der Waals surface area (Å²) < 4.78 is 11.5. The van der Waals surface area contributed by atoms with E-state index in [-0.39, 0.29) is 24.3 Å². The molecule has 0 radical (unpaired) electrons. The lowest BCUT2D eigenvalue weighted by molar-refractivity contribution is -0.141. The molecule has 1 atom stereocenters. The second-order valence-electron chi connectivity index (χ2n) is 10.3. The van der Waals surface area contributed by atoms with Crippen LogP contribution in [0.25, 0.3) is 0 Å². The average molecular weight is 543 g/mol. The fraction of sp³-hybridized carbons (Fsp3) is 0.412. The molecule has 0 unspecified atom stereocenters. The molecule has 1 saturated carbocycles. The third-order valence-electron chi connectivity index (χ3n) is 7.40. The molecule has 0 aromatic heterocycles. The standard InChI is InChI=1S/C34H42N2O4/c1-3-39-31-21-19-27(24-32(31)40-4-2)20-22-33(37)36(25-28-15-9-6-10-16-28)30(23-26-13-7-5-8-14-26)34(38)35-29-17-11-12-18-29/h5-10,13-16,19,21,24,29-30H,3-4,11-12,17-18,20,22-23,25H2,1-2H3,(H,35,38)/t30-/m0/s1. The number of rotatable bonds is 14. The molecule has 3 aromatic carbocycles. The Morgan fingerprint density at radius 2 is 1.45 bits per heavy atom. The Morgan fingerprint density at radius 3 is 2.10 bits per heavy atom. The molecule has 1 fully saturated rings. The Kier molecular flexibility index (Phi) is 11.0. The highest BCUT2D eigenvalue weighted by Gasteiger charge is 2.32. The highest BCUT2D eigenvalue weighted by molar-refractivity contribution is 5.88. The minimum absolute atomic E-state index is 0.0433. The zero-order chi connectivity index (χ0) is 28.2. The number of aryl methyl sites for hydroxylation is 1. The van der Waals surface area contributed by atoms with Crippen LogP contribution in [0.3, 0.4) is 0 Å². The van der Waals surface area contributed by atoms with Crippen molar-refractivity contribution in [3.8, 4) is 11.5 Å². The fourth-order valence-electron chi connectivity index (χ4n) is 5.35. The van der Waals surface area contributed by atoms with Crippen LogP contribution in [0.1, 0.15) is 62.6 Å². The number of benzene rings is 3. The monoisotopic (exact) mass is 542 g/mol. The molecule has 0 spiro atoms. The van der Waals surface area contributed by atoms with E-state index in [1.165, 1.54) is 0 Å². The van der Waals surface area contributed by atoms with Crippen molar-refractivity contribution >= 4 is 11.8 Å². The Labute approximate surface area is 238 Å². The Morgan fingerprint density at radius 1 is 0.825 bits per heavy atom. The van der Waals surface area contributed by atoms with E-state index < -0.39 is 6.04 Å². The van der Waals surface area contributed by atoms with E-state index in [1.807, 2.05) is 92.7 Å². The van der Waals surface area contributed by atoms with E-state index in [0.717, 1.165) is 42.4 Å². The summed E-state index contributed by atoms with van der Waals surface area (Å²) in [6.07, 6.45) is 5.55. The lowest BCUT2D eigenvalue weighted by Gasteiger charge is -2.32. The van der Waals surface area contributed by atoms with E-state index in [2.05, 4.69) is 5.32 Å². The van der Waals surface area contributed by atoms with Gasteiger partial charge in [0.05, 0.1) is 13.2 Å². The zero-order valence-corrected chi connectivity index (χ0v) is 23.8. The van der Waals surface area contributed by atoms with Gasteiger partial charge >= 0.3 is 0 Å². The van der Waals surface area contributed by atoms with Gasteiger partial charge < -0.3 is 19.7 Å². The summed E-state index contributed by atoms with van der Waals surface area (Å²) in [5.41, 5.74) is 3.03. The van der Waals surface area contributed by atoms with Gasteiger partial charge in [-0.1, -0.05) is 79.6 Å². The van der Waals surface area contributed by atoms with Crippen LogP contribution in [0.2, 0.25) is 0 Å². The molecule has 1 N–H and O–H groups in total. The molecule has 0 saturated heterocycles. The number of nitrogens with zero attached hydrogens (tertiary/aromatic N) is 1. The molecule has 3 aromatic rings. The zero-order valence-electron chi connectivity index (χ0n) is 23.8. The van der Waals surface area contributed by atoms with Gasteiger partial charge in [-0.05, 0) is 61.9 Å². The lowest BCUT2D eigenvalue weighted by atomic mass is 10.0. The minimum Gasteiger partial charge on any atom is -0.490 e. The molecule has 0 heterocycles. The van der Waals surface area contributed by atoms with Gasteiger partial charge in [0.25, 0.3) is 0 Å². The van der Waals surface area contributed by atoms with Crippen molar-refractivity contribution in [2.45, 2.75) is 77.4 Å². The summed E-state index contributed by atoms with van der Waals surface area (Å²) in [5, 5.41) is 3.27. The van der Waals surface area contributed by atoms with Gasteiger partial charge in [0.1, 0.15) is 6.04 Å². The van der Waals surface area contributed by atoms with Gasteiger partial charge in [-0.15, -0.1) is 0 Å². The maximum Gasteiger partial charge on any atom is 0.243 e. The molecule has 1 aliphatic carbocycles. The Balaban J connectivity index is 1.58. The van der Waals surface area contributed by atoms with Crippen LogP contribution in [0.15, 0.2) is 78.9 Å². The summed E-state index contributed by atoms with van der Waals surface area (Å²) >= 11 is 0. The number of carbonyl (C=O) groups is 2. The molecular weight excluding hydrogens is 500 g/mol. The summed E-state index contributed by atoms with van der Waals surface area (Å²) in [6, 6.07) is 25.3. The quantitative estimate of drug-likeness (QED) is 0.267. The van der Waals surface area contributed by atoms with E-state index in [1.54, 1.807) is 4.90 Å². The first-order valence-corrected chi connectivity index (χ1v) is 14.6. The van der Waals surface area contributed by atoms with E-state index in [4.69, 9.17) is 9.47 Å². The number of amides is 2. The van der Waals surface area contributed by atoms with Crippen molar-refractivity contribution in [3.05, 3.63) is 95.6 Å². The maximum absolute atomic E-state index is 14.0. The van der Waals surface area contributed by atoms with Gasteiger partial charge in [-0.2, -0.15) is 0 Å². The molecule has 6 heteroatoms. The van der Waals surface area contributed by atoms with Crippen molar-refractivity contribution in [3.63, 3.8) is 0 Å². The van der Waals surface area contributed by atoms with Crippen LogP contribution in [0.4, 0.5) is 0 Å². The fourth-order valence-corrected chi connectivity index (χ4v) is 5.35. The van der Waals surface area contributed by atoms with Crippen LogP contribution in [0, 0.1) is 0 Å². The van der Waals surface area contributed by atoms with E-state index in [0.29, 0.717) is 44.1 Å². The third-order valence-corrected chi connectivity index (χ3v) is 7.40. The van der Waals surface area contributed by atoms with Gasteiger partial charge in [-0.25, -0.2) is 0 Å². The van der Waals surface area contributed by atoms with Crippen molar-refractivity contribution in [1.82, 2.24) is 10.2 Å². The van der Waals surface area contributed by atoms with Crippen LogP contribution in [0.5, 0.6) is 11.5 Å². The molecule has 2 amide bonds. The highest BCUT2D eigenvalue weighted by Crippen LogP contribution is 2.29. The molecule has 0 bridgehead atoms. The molecule has 40 heavy (non-hydrogen) atoms. The first-order chi connectivity index (χ1) is 19.6. The highest BCUT2D eigenvalue weighted by atomic mass is 16.5. The normalized spacial score (nSPS) is 13.9. The van der Waals surface area contributed by atoms with Crippen LogP contribution < -0.4 is 14.8 Å². The SMILES string of the molecule is CCOc1ccc(CCC(=O)N(Cc2ccccc2)[C@@H](Cc2ccccc2)C(=O)NC2CCCC2)cc1OCC. The van der Waals surface area contributed by atoms with Gasteiger partial charge in [0.2, 0.25) is 11.8 Å². The number of hydrogen-bond donors (Lipinski definition) is 1. The Bertz CT molecular complexity index is 1210. The minimum atomic E-state index is -0.602. The second-order valence-corrected chi connectivity index (χ2v) is 10.3. The van der Waals surface area contributed by atoms with Crippen molar-refractivity contribution in [2.24, 2.45) is 0 Å². The smallest absolute Gasteiger partial charge is 0.243 e. The molecule has 0 aliphatic heterocycles. The van der Waals surface area contributed by atoms with Gasteiger partial charge in [0, 0.05) is 25.4 Å². The summed E-state index contributed by atoms with van der Waals surface area (Å²) in [7, 11) is 0. The third kappa shape index (κ3) is 8.35. The molecule has 1 aliphatic rings. The first kappa shape index (κ1) is 29.2. The van der Waals surface area contributed by atoms with Crippen molar-refractivity contribution in [1.29, 1.82) is 0 Å². The maximum atomic E-state index is 14.0. The lowest BCUT2D eigenvalue weighted by Crippen LogP contribution is -2.52. The molecule has 4 rings (SSSR count). The van der Waals surface area contributed by atoms with Crippen LogP contribution in [-0.4, -0.2) is 42.0 Å². The number of ether oxygens (including phenoxy) is 2. The van der Waals surface area contributed by atoms with Crippen LogP contribution in [-0.2, 0) is 29.0 Å². The summed E-state index contributed by atoms with van der Waals surface area (Å²) in [4.78, 5) is 29.5. The van der Waals surface area contributed by atoms with E-state index >= 15 is 0 Å². The van der Waals surface area contributed by atoms with Crippen LogP contribution >= 0.6 is 0 Å². The van der Waals surface area contributed by atoms with E-state index in [9.17, 15) is 9.59 Å². The van der Waals surface area contributed by atoms with Gasteiger partial charge in [0.15, 0.2) is 11.5 Å². The topological polar surface area (TPSA) is 67.9 Å². The number of carbonyl (C=O) groups excluding carboxylic acids is 2. The number of hydrogen-bond acceptors (Lipinski definition) is 4. The largest absolute Gasteiger partial charge is 0.490 e. The summed E-state index contributed by atoms with van der Waals surface area (Å²) in [6.45, 7) is 5.35. The average Bonchev–Trinajstić information content (AvgIpc) is 3.49. The van der Waals surface area contributed by atoms with Gasteiger partial charge in [-0.3, -0.25) is 9.59 Å². The van der Waals surface area contributed by atoms with Crippen molar-refractivity contribution < 1.29 is 19.1 Å². The molecule has 212 valence electrons. The Hall–Kier alpha value is -3.80. The van der Waals surface area contributed by atoms with Crippen molar-refractivity contribution in [2.75, 3.05) is 13.2 Å². The first-order valence-electron chi connectivity index (χ1n) is 14.6. The predicted molar refractivity (Wildman–Crippen MR) is 158 cm³/mol. The second kappa shape index (κ2) is 15.1. The number of nitrogens with one attached hydrogen (secondary N) is 1. The molecular formula is C34H42N2O4. The summed E-state index contributed by atoms with van der Waals surface area (Å²) in [5.74, 6) is 1.28. The predicted octanol–water partition coefficient (Wildman–Crippen LogP) is 6.12.